The molecule has 2 heterocycles. The molecule has 0 fully saturated rings. The summed E-state index contributed by atoms with van der Waals surface area (Å²) in [6.07, 6.45) is 0.709. The smallest absolute Gasteiger partial charge is 0.240 e. The maximum atomic E-state index is 5.63. The molecular weight excluding hydrogens is 206 g/mol. The summed E-state index contributed by atoms with van der Waals surface area (Å²) in [6.45, 7) is 3.85. The summed E-state index contributed by atoms with van der Waals surface area (Å²) in [5.74, 6) is 1.94. The van der Waals surface area contributed by atoms with Crippen LogP contribution in [0.1, 0.15) is 18.4 Å². The highest BCUT2D eigenvalue weighted by Crippen LogP contribution is 2.19. The van der Waals surface area contributed by atoms with Gasteiger partial charge in [-0.1, -0.05) is 6.92 Å². The van der Waals surface area contributed by atoms with Gasteiger partial charge in [0.1, 0.15) is 11.6 Å². The van der Waals surface area contributed by atoms with E-state index in [0.717, 1.165) is 5.69 Å². The van der Waals surface area contributed by atoms with Crippen molar-refractivity contribution >= 4 is 5.82 Å². The molecule has 2 rings (SSSR count). The van der Waals surface area contributed by atoms with Crippen LogP contribution in [-0.2, 0) is 6.42 Å². The molecule has 0 saturated carbocycles. The lowest BCUT2D eigenvalue weighted by Crippen LogP contribution is -2.00. The van der Waals surface area contributed by atoms with Crippen LogP contribution in [0.2, 0.25) is 0 Å². The molecule has 6 nitrogen and oxygen atoms in total. The van der Waals surface area contributed by atoms with Gasteiger partial charge in [-0.15, -0.1) is 5.10 Å². The third-order valence-electron chi connectivity index (χ3n) is 1.98. The number of hydrogen-bond acceptors (Lipinski definition) is 5. The van der Waals surface area contributed by atoms with E-state index >= 15 is 0 Å². The number of nitrogens with zero attached hydrogens (tertiary/aromatic N) is 3. The lowest BCUT2D eigenvalue weighted by atomic mass is 10.4. The highest BCUT2D eigenvalue weighted by Gasteiger charge is 2.05. The molecule has 0 atom stereocenters. The summed E-state index contributed by atoms with van der Waals surface area (Å²) in [6, 6.07) is 3.35. The topological polar surface area (TPSA) is 89.7 Å². The van der Waals surface area contributed by atoms with Gasteiger partial charge in [0.15, 0.2) is 0 Å². The van der Waals surface area contributed by atoms with E-state index in [1.165, 1.54) is 0 Å². The largest absolute Gasteiger partial charge is 0.419 e. The van der Waals surface area contributed by atoms with Gasteiger partial charge in [0, 0.05) is 24.2 Å². The number of ether oxygens (including phenoxy) is 1. The Balaban J connectivity index is 2.24. The number of nitrogens with one attached hydrogen (secondary N) is 1. The van der Waals surface area contributed by atoms with Crippen molar-refractivity contribution in [1.82, 2.24) is 20.2 Å². The molecule has 2 aromatic rings. The summed E-state index contributed by atoms with van der Waals surface area (Å²) in [4.78, 5) is 8.25. The first-order chi connectivity index (χ1) is 7.67. The van der Waals surface area contributed by atoms with Crippen LogP contribution in [0.4, 0.5) is 5.82 Å². The van der Waals surface area contributed by atoms with Gasteiger partial charge in [-0.3, -0.25) is 5.10 Å². The van der Waals surface area contributed by atoms with E-state index in [1.54, 1.807) is 12.1 Å². The monoisotopic (exact) mass is 219 g/mol. The van der Waals surface area contributed by atoms with Crippen LogP contribution in [0.15, 0.2) is 12.1 Å². The number of aromatic nitrogens is 4. The van der Waals surface area contributed by atoms with Gasteiger partial charge in [-0.25, -0.2) is 4.98 Å². The molecule has 0 amide bonds. The number of anilines is 1. The van der Waals surface area contributed by atoms with Crippen molar-refractivity contribution in [3.05, 3.63) is 23.7 Å². The van der Waals surface area contributed by atoms with E-state index in [9.17, 15) is 0 Å². The molecule has 0 saturated heterocycles. The second-order valence-electron chi connectivity index (χ2n) is 3.39. The lowest BCUT2D eigenvalue weighted by molar-refractivity contribution is 0.440. The Bertz CT molecular complexity index is 494. The van der Waals surface area contributed by atoms with Crippen molar-refractivity contribution in [2.45, 2.75) is 20.3 Å². The molecular formula is C10H13N5O. The number of hydrogen-bond donors (Lipinski definition) is 2. The molecule has 6 heteroatoms. The minimum absolute atomic E-state index is 0.397. The normalized spacial score (nSPS) is 10.4. The first-order valence-electron chi connectivity index (χ1n) is 5.00. The summed E-state index contributed by atoms with van der Waals surface area (Å²) in [5, 5.41) is 6.73. The summed E-state index contributed by atoms with van der Waals surface area (Å²) in [5.41, 5.74) is 6.56. The van der Waals surface area contributed by atoms with Crippen LogP contribution < -0.4 is 10.5 Å². The molecule has 0 unspecified atom stereocenters. The van der Waals surface area contributed by atoms with E-state index in [4.69, 9.17) is 10.5 Å². The first kappa shape index (κ1) is 10.4. The van der Waals surface area contributed by atoms with Gasteiger partial charge in [0.25, 0.3) is 0 Å². The van der Waals surface area contributed by atoms with Crippen molar-refractivity contribution in [2.75, 3.05) is 5.73 Å². The highest BCUT2D eigenvalue weighted by molar-refractivity contribution is 5.34. The number of nitrogen functional groups attached to an aromatic ring is 1. The summed E-state index contributed by atoms with van der Waals surface area (Å²) < 4.78 is 5.45. The molecule has 84 valence electrons. The number of aryl methyl sites for hydroxylation is 2. The highest BCUT2D eigenvalue weighted by atomic mass is 16.5. The minimum atomic E-state index is 0.397. The molecule has 0 aromatic carbocycles. The number of aromatic amines is 1. The minimum Gasteiger partial charge on any atom is -0.419 e. The Morgan fingerprint density at radius 3 is 2.75 bits per heavy atom. The molecule has 3 N–H and O–H groups in total. The fraction of sp³-hybridized carbons (Fsp3) is 0.300. The average molecular weight is 219 g/mol. The molecule has 2 aromatic heterocycles. The Hall–Kier alpha value is -2.11. The van der Waals surface area contributed by atoms with E-state index in [1.807, 2.05) is 13.8 Å². The predicted molar refractivity (Wildman–Crippen MR) is 59.2 cm³/mol. The van der Waals surface area contributed by atoms with Crippen LogP contribution in [-0.4, -0.2) is 20.2 Å². The Labute approximate surface area is 92.9 Å². The summed E-state index contributed by atoms with van der Waals surface area (Å²) in [7, 11) is 0. The molecule has 0 spiro atoms. The van der Waals surface area contributed by atoms with Crippen molar-refractivity contribution in [2.24, 2.45) is 0 Å². The van der Waals surface area contributed by atoms with Crippen LogP contribution >= 0.6 is 0 Å². The quantitative estimate of drug-likeness (QED) is 0.815. The Morgan fingerprint density at radius 2 is 2.12 bits per heavy atom. The van der Waals surface area contributed by atoms with Gasteiger partial charge in [-0.05, 0) is 6.92 Å². The standard InChI is InChI=1S/C10H13N5O/c1-3-8-12-7(11)5-9(13-8)16-10-4-6(2)14-15-10/h4-5H,3H2,1-2H3,(H,14,15)(H2,11,12,13). The predicted octanol–water partition coefficient (Wildman–Crippen LogP) is 1.45. The van der Waals surface area contributed by atoms with Gasteiger partial charge < -0.3 is 10.5 Å². The first-order valence-corrected chi connectivity index (χ1v) is 5.00. The third-order valence-corrected chi connectivity index (χ3v) is 1.98. The molecule has 0 radical (unpaired) electrons. The maximum absolute atomic E-state index is 5.63. The molecule has 0 aliphatic heterocycles. The second-order valence-corrected chi connectivity index (χ2v) is 3.39. The van der Waals surface area contributed by atoms with Crippen molar-refractivity contribution in [3.8, 4) is 11.8 Å². The van der Waals surface area contributed by atoms with Crippen molar-refractivity contribution < 1.29 is 4.74 Å². The van der Waals surface area contributed by atoms with Crippen LogP contribution in [0, 0.1) is 6.92 Å². The Kier molecular flexibility index (Phi) is 2.72. The number of rotatable bonds is 3. The van der Waals surface area contributed by atoms with E-state index in [-0.39, 0.29) is 0 Å². The van der Waals surface area contributed by atoms with Crippen LogP contribution in [0.5, 0.6) is 11.8 Å². The Morgan fingerprint density at radius 1 is 1.31 bits per heavy atom. The van der Waals surface area contributed by atoms with Crippen LogP contribution in [0.3, 0.4) is 0 Å². The van der Waals surface area contributed by atoms with Crippen molar-refractivity contribution in [1.29, 1.82) is 0 Å². The number of nitrogens with two attached hydrogens (primary N) is 1. The van der Waals surface area contributed by atoms with E-state index in [0.29, 0.717) is 29.8 Å². The zero-order valence-corrected chi connectivity index (χ0v) is 9.19. The SMILES string of the molecule is CCc1nc(N)cc(Oc2cc(C)[nH]n2)n1. The molecule has 0 aliphatic carbocycles. The second kappa shape index (κ2) is 4.18. The zero-order valence-electron chi connectivity index (χ0n) is 9.19. The third kappa shape index (κ3) is 2.28. The molecule has 0 bridgehead atoms. The summed E-state index contributed by atoms with van der Waals surface area (Å²) >= 11 is 0. The average Bonchev–Trinajstić information content (AvgIpc) is 2.63. The van der Waals surface area contributed by atoms with E-state index in [2.05, 4.69) is 20.2 Å². The number of H-pyrrole nitrogens is 1. The van der Waals surface area contributed by atoms with Gasteiger partial charge in [-0.2, -0.15) is 4.98 Å². The van der Waals surface area contributed by atoms with Crippen LogP contribution in [0.25, 0.3) is 0 Å². The van der Waals surface area contributed by atoms with Gasteiger partial charge >= 0.3 is 0 Å². The van der Waals surface area contributed by atoms with Crippen molar-refractivity contribution in [3.63, 3.8) is 0 Å². The zero-order chi connectivity index (χ0) is 11.5. The lowest BCUT2D eigenvalue weighted by Gasteiger charge is -2.03. The van der Waals surface area contributed by atoms with E-state index < -0.39 is 0 Å². The molecule has 16 heavy (non-hydrogen) atoms. The maximum Gasteiger partial charge on any atom is 0.240 e. The van der Waals surface area contributed by atoms with Gasteiger partial charge in [0.2, 0.25) is 11.8 Å². The molecule has 0 aliphatic rings. The fourth-order valence-electron chi connectivity index (χ4n) is 1.26. The van der Waals surface area contributed by atoms with Gasteiger partial charge in [0.05, 0.1) is 0 Å². The fourth-order valence-corrected chi connectivity index (χ4v) is 1.26.